The number of nitrogens with two attached hydrogens (primary N) is 1. The number of nitrogens with zero attached hydrogens (tertiary/aromatic N) is 1. The second kappa shape index (κ2) is 6.60. The molecule has 1 saturated carbocycles. The molecule has 0 aromatic heterocycles. The lowest BCUT2D eigenvalue weighted by atomic mass is 9.99. The fraction of sp³-hybridized carbons (Fsp3) is 0.923. The third-order valence-corrected chi connectivity index (χ3v) is 4.32. The van der Waals surface area contributed by atoms with E-state index in [-0.39, 0.29) is 18.4 Å². The molecule has 4 heteroatoms. The van der Waals surface area contributed by atoms with E-state index in [0.29, 0.717) is 24.3 Å². The molecule has 17 heavy (non-hydrogen) atoms. The van der Waals surface area contributed by atoms with E-state index < -0.39 is 0 Å². The van der Waals surface area contributed by atoms with Crippen LogP contribution in [0, 0.1) is 5.92 Å². The van der Waals surface area contributed by atoms with E-state index in [9.17, 15) is 4.79 Å². The first-order chi connectivity index (χ1) is 7.72. The highest BCUT2D eigenvalue weighted by molar-refractivity contribution is 5.85. The molecule has 0 aromatic rings. The highest BCUT2D eigenvalue weighted by atomic mass is 35.5. The molecule has 3 atom stereocenters. The predicted octanol–water partition coefficient (Wildman–Crippen LogP) is 2.33. The van der Waals surface area contributed by atoms with Crippen molar-refractivity contribution in [1.82, 2.24) is 4.90 Å². The van der Waals surface area contributed by atoms with Crippen LogP contribution < -0.4 is 5.73 Å². The van der Waals surface area contributed by atoms with Crippen molar-refractivity contribution in [3.8, 4) is 0 Å². The van der Waals surface area contributed by atoms with Crippen molar-refractivity contribution in [3.63, 3.8) is 0 Å². The second-order valence-corrected chi connectivity index (χ2v) is 5.35. The molecule has 3 nitrogen and oxygen atoms in total. The molecule has 1 aliphatic carbocycles. The maximum atomic E-state index is 12.2. The van der Waals surface area contributed by atoms with Gasteiger partial charge in [-0.05, 0) is 38.0 Å². The Morgan fingerprint density at radius 2 is 2.06 bits per heavy atom. The van der Waals surface area contributed by atoms with Gasteiger partial charge in [-0.1, -0.05) is 13.3 Å². The van der Waals surface area contributed by atoms with Crippen LogP contribution in [-0.2, 0) is 4.79 Å². The fourth-order valence-corrected chi connectivity index (χ4v) is 3.25. The number of rotatable bonds is 3. The van der Waals surface area contributed by atoms with Gasteiger partial charge in [0.25, 0.3) is 0 Å². The smallest absolute Gasteiger partial charge is 0.223 e. The highest BCUT2D eigenvalue weighted by Gasteiger charge is 2.31. The Morgan fingerprint density at radius 1 is 1.29 bits per heavy atom. The lowest BCUT2D eigenvalue weighted by molar-refractivity contribution is -0.133. The third kappa shape index (κ3) is 3.35. The minimum atomic E-state index is 0. The number of hydrogen-bond donors (Lipinski definition) is 1. The molecule has 2 fully saturated rings. The molecule has 1 saturated heterocycles. The van der Waals surface area contributed by atoms with Crippen LogP contribution in [0.25, 0.3) is 0 Å². The average Bonchev–Trinajstić information content (AvgIpc) is 2.87. The van der Waals surface area contributed by atoms with Crippen molar-refractivity contribution in [1.29, 1.82) is 0 Å². The van der Waals surface area contributed by atoms with Crippen molar-refractivity contribution in [3.05, 3.63) is 0 Å². The Balaban J connectivity index is 0.00000144. The van der Waals surface area contributed by atoms with E-state index in [2.05, 4.69) is 11.8 Å². The first kappa shape index (κ1) is 14.8. The topological polar surface area (TPSA) is 46.3 Å². The van der Waals surface area contributed by atoms with Gasteiger partial charge >= 0.3 is 0 Å². The minimum Gasteiger partial charge on any atom is -0.340 e. The van der Waals surface area contributed by atoms with Crippen LogP contribution in [0.5, 0.6) is 0 Å². The highest BCUT2D eigenvalue weighted by Crippen LogP contribution is 2.29. The predicted molar refractivity (Wildman–Crippen MR) is 72.2 cm³/mol. The number of hydrogen-bond acceptors (Lipinski definition) is 2. The van der Waals surface area contributed by atoms with Crippen LogP contribution in [-0.4, -0.2) is 29.4 Å². The molecule has 0 spiro atoms. The number of amides is 1. The van der Waals surface area contributed by atoms with E-state index >= 15 is 0 Å². The molecular weight excluding hydrogens is 236 g/mol. The van der Waals surface area contributed by atoms with Crippen molar-refractivity contribution in [2.24, 2.45) is 11.7 Å². The van der Waals surface area contributed by atoms with Crippen LogP contribution in [0.1, 0.15) is 51.9 Å². The zero-order valence-electron chi connectivity index (χ0n) is 10.7. The lowest BCUT2D eigenvalue weighted by Crippen LogP contribution is -2.38. The normalized spacial score (nSPS) is 32.6. The van der Waals surface area contributed by atoms with Crippen molar-refractivity contribution < 1.29 is 4.79 Å². The number of halogens is 1. The summed E-state index contributed by atoms with van der Waals surface area (Å²) in [5, 5.41) is 0. The van der Waals surface area contributed by atoms with Gasteiger partial charge in [0.15, 0.2) is 0 Å². The van der Waals surface area contributed by atoms with Gasteiger partial charge in [-0.25, -0.2) is 0 Å². The van der Waals surface area contributed by atoms with E-state index in [0.717, 1.165) is 25.8 Å². The van der Waals surface area contributed by atoms with Crippen LogP contribution in [0.2, 0.25) is 0 Å². The Hall–Kier alpha value is -0.280. The van der Waals surface area contributed by atoms with E-state index in [1.54, 1.807) is 0 Å². The first-order valence-corrected chi connectivity index (χ1v) is 6.77. The zero-order chi connectivity index (χ0) is 11.5. The van der Waals surface area contributed by atoms with Gasteiger partial charge in [0.1, 0.15) is 0 Å². The summed E-state index contributed by atoms with van der Waals surface area (Å²) in [7, 11) is 0. The van der Waals surface area contributed by atoms with Crippen LogP contribution in [0.4, 0.5) is 0 Å². The molecule has 0 bridgehead atoms. The summed E-state index contributed by atoms with van der Waals surface area (Å²) in [5.41, 5.74) is 6.02. The molecule has 1 aliphatic heterocycles. The minimum absolute atomic E-state index is 0. The summed E-state index contributed by atoms with van der Waals surface area (Å²) in [5.74, 6) is 0.803. The van der Waals surface area contributed by atoms with Crippen LogP contribution >= 0.6 is 12.4 Å². The standard InChI is InChI=1S/C13H24N2O.ClH/c1-2-11-6-4-8-15(11)13(16)9-10-5-3-7-12(10)14;/h10-12H,2-9,14H2,1H3;1H/t10-,11?,12+;/m0./s1. The molecular formula is C13H25ClN2O. The Kier molecular flexibility index (Phi) is 5.74. The third-order valence-electron chi connectivity index (χ3n) is 4.32. The van der Waals surface area contributed by atoms with E-state index in [1.165, 1.54) is 19.3 Å². The molecule has 0 aromatic carbocycles. The molecule has 2 N–H and O–H groups in total. The van der Waals surface area contributed by atoms with Gasteiger partial charge in [-0.15, -0.1) is 12.4 Å². The molecule has 1 heterocycles. The van der Waals surface area contributed by atoms with Gasteiger partial charge in [0, 0.05) is 25.0 Å². The van der Waals surface area contributed by atoms with Crippen molar-refractivity contribution in [2.75, 3.05) is 6.54 Å². The number of likely N-dealkylation sites (tertiary alicyclic amines) is 1. The van der Waals surface area contributed by atoms with Gasteiger partial charge in [0.05, 0.1) is 0 Å². The van der Waals surface area contributed by atoms with Gasteiger partial charge in [0.2, 0.25) is 5.91 Å². The molecule has 2 rings (SSSR count). The van der Waals surface area contributed by atoms with Crippen LogP contribution in [0.15, 0.2) is 0 Å². The summed E-state index contributed by atoms with van der Waals surface area (Å²) in [4.78, 5) is 14.3. The summed E-state index contributed by atoms with van der Waals surface area (Å²) in [6, 6.07) is 0.775. The maximum absolute atomic E-state index is 12.2. The summed E-state index contributed by atoms with van der Waals surface area (Å²) < 4.78 is 0. The van der Waals surface area contributed by atoms with Crippen molar-refractivity contribution in [2.45, 2.75) is 64.0 Å². The largest absolute Gasteiger partial charge is 0.340 e. The molecule has 100 valence electrons. The van der Waals surface area contributed by atoms with Gasteiger partial charge in [-0.3, -0.25) is 4.79 Å². The molecule has 1 unspecified atom stereocenters. The van der Waals surface area contributed by atoms with E-state index in [4.69, 9.17) is 5.73 Å². The number of carbonyl (C=O) groups is 1. The lowest BCUT2D eigenvalue weighted by Gasteiger charge is -2.26. The first-order valence-electron chi connectivity index (χ1n) is 6.77. The quantitative estimate of drug-likeness (QED) is 0.847. The fourth-order valence-electron chi connectivity index (χ4n) is 3.25. The summed E-state index contributed by atoms with van der Waals surface area (Å²) in [6.07, 6.45) is 7.63. The van der Waals surface area contributed by atoms with Gasteiger partial charge in [-0.2, -0.15) is 0 Å². The van der Waals surface area contributed by atoms with Crippen LogP contribution in [0.3, 0.4) is 0 Å². The van der Waals surface area contributed by atoms with E-state index in [1.807, 2.05) is 0 Å². The zero-order valence-corrected chi connectivity index (χ0v) is 11.5. The SMILES string of the molecule is CCC1CCCN1C(=O)C[C@@H]1CCC[C@H]1N.Cl. The second-order valence-electron chi connectivity index (χ2n) is 5.35. The monoisotopic (exact) mass is 260 g/mol. The Labute approximate surface area is 111 Å². The molecule has 0 radical (unpaired) electrons. The summed E-state index contributed by atoms with van der Waals surface area (Å²) >= 11 is 0. The average molecular weight is 261 g/mol. The number of carbonyl (C=O) groups excluding carboxylic acids is 1. The molecule has 2 aliphatic rings. The Bertz CT molecular complexity index is 260. The Morgan fingerprint density at radius 3 is 2.65 bits per heavy atom. The maximum Gasteiger partial charge on any atom is 0.223 e. The molecule has 1 amide bonds. The van der Waals surface area contributed by atoms with Gasteiger partial charge < -0.3 is 10.6 Å². The van der Waals surface area contributed by atoms with Crippen molar-refractivity contribution >= 4 is 18.3 Å². The summed E-state index contributed by atoms with van der Waals surface area (Å²) in [6.45, 7) is 3.15.